The highest BCUT2D eigenvalue weighted by molar-refractivity contribution is 5.93. The smallest absolute Gasteiger partial charge is 0.277 e. The minimum absolute atomic E-state index is 0.167. The van der Waals surface area contributed by atoms with Crippen molar-refractivity contribution in [3.05, 3.63) is 34.9 Å². The highest BCUT2D eigenvalue weighted by atomic mass is 16.5. The number of benzene rings is 1. The van der Waals surface area contributed by atoms with Gasteiger partial charge in [0.25, 0.3) is 5.91 Å². The van der Waals surface area contributed by atoms with Gasteiger partial charge in [0.15, 0.2) is 0 Å². The third kappa shape index (κ3) is 2.31. The largest absolute Gasteiger partial charge is 0.356 e. The maximum Gasteiger partial charge on any atom is 0.277 e. The van der Waals surface area contributed by atoms with E-state index in [-0.39, 0.29) is 23.8 Å². The highest BCUT2D eigenvalue weighted by Crippen LogP contribution is 2.41. The number of aryl methyl sites for hydroxylation is 1. The molecule has 2 N–H and O–H groups in total. The van der Waals surface area contributed by atoms with E-state index in [2.05, 4.69) is 5.32 Å². The first kappa shape index (κ1) is 14.1. The van der Waals surface area contributed by atoms with Crippen LogP contribution >= 0.6 is 0 Å². The second-order valence-corrected chi connectivity index (χ2v) is 5.97. The molecule has 0 bridgehead atoms. The molecular formula is C16H20N2O3. The van der Waals surface area contributed by atoms with Gasteiger partial charge in [-0.05, 0) is 55.9 Å². The predicted octanol–water partition coefficient (Wildman–Crippen LogP) is 1.53. The molecule has 21 heavy (non-hydrogen) atoms. The van der Waals surface area contributed by atoms with Crippen LogP contribution < -0.4 is 5.32 Å². The number of nitrogens with zero attached hydrogens (tertiary/aromatic N) is 1. The minimum atomic E-state index is -0.376. The van der Waals surface area contributed by atoms with Gasteiger partial charge in [0.2, 0.25) is 5.91 Å². The second-order valence-electron chi connectivity index (χ2n) is 5.97. The SMILES string of the molecule is CCN(O)C(=O)c1ccc2c(c1)CC[C@]1(CCNC1=O)C2. The van der Waals surface area contributed by atoms with Gasteiger partial charge in [0.05, 0.1) is 5.41 Å². The first-order valence-electron chi connectivity index (χ1n) is 7.46. The Balaban J connectivity index is 1.86. The van der Waals surface area contributed by atoms with Gasteiger partial charge in [-0.25, -0.2) is 5.06 Å². The first-order chi connectivity index (χ1) is 10.1. The molecule has 1 aliphatic carbocycles. The van der Waals surface area contributed by atoms with Crippen LogP contribution in [0.15, 0.2) is 18.2 Å². The minimum Gasteiger partial charge on any atom is -0.356 e. The van der Waals surface area contributed by atoms with Crippen LogP contribution in [0.1, 0.15) is 41.3 Å². The summed E-state index contributed by atoms with van der Waals surface area (Å²) in [6, 6.07) is 5.53. The molecule has 1 aliphatic heterocycles. The molecule has 1 aromatic rings. The molecule has 0 aromatic heterocycles. The number of carbonyl (C=O) groups excluding carboxylic acids is 2. The van der Waals surface area contributed by atoms with E-state index in [1.807, 2.05) is 12.1 Å². The lowest BCUT2D eigenvalue weighted by Gasteiger charge is -2.32. The van der Waals surface area contributed by atoms with Crippen LogP contribution in [0.25, 0.3) is 0 Å². The molecule has 0 radical (unpaired) electrons. The van der Waals surface area contributed by atoms with Gasteiger partial charge in [0, 0.05) is 18.7 Å². The number of hydrogen-bond donors (Lipinski definition) is 2. The zero-order valence-electron chi connectivity index (χ0n) is 12.2. The molecule has 2 aliphatic rings. The number of carbonyl (C=O) groups is 2. The number of fused-ring (bicyclic) bond motifs is 1. The Kier molecular flexibility index (Phi) is 3.45. The number of nitrogens with one attached hydrogen (secondary N) is 1. The third-order valence-electron chi connectivity index (χ3n) is 4.76. The Labute approximate surface area is 123 Å². The van der Waals surface area contributed by atoms with Crippen LogP contribution in [0.2, 0.25) is 0 Å². The standard InChI is InChI=1S/C16H20N2O3/c1-2-18(21)14(19)12-3-4-13-10-16(6-5-11(13)9-12)7-8-17-15(16)20/h3-4,9,21H,2,5-8,10H2,1H3,(H,17,20)/t16-/m0/s1. The van der Waals surface area contributed by atoms with Crippen molar-refractivity contribution in [2.24, 2.45) is 5.41 Å². The average Bonchev–Trinajstić information content (AvgIpc) is 2.85. The zero-order valence-corrected chi connectivity index (χ0v) is 12.2. The maximum absolute atomic E-state index is 12.1. The third-order valence-corrected chi connectivity index (χ3v) is 4.76. The van der Waals surface area contributed by atoms with Crippen LogP contribution in [-0.4, -0.2) is 35.2 Å². The lowest BCUT2D eigenvalue weighted by atomic mass is 9.70. The number of rotatable bonds is 2. The van der Waals surface area contributed by atoms with E-state index < -0.39 is 0 Å². The predicted molar refractivity (Wildman–Crippen MR) is 77.0 cm³/mol. The average molecular weight is 288 g/mol. The van der Waals surface area contributed by atoms with E-state index >= 15 is 0 Å². The molecule has 0 unspecified atom stereocenters. The van der Waals surface area contributed by atoms with Crippen molar-refractivity contribution < 1.29 is 14.8 Å². The molecule has 112 valence electrons. The topological polar surface area (TPSA) is 69.6 Å². The van der Waals surface area contributed by atoms with Crippen molar-refractivity contribution in [2.45, 2.75) is 32.6 Å². The zero-order chi connectivity index (χ0) is 15.0. The van der Waals surface area contributed by atoms with Gasteiger partial charge < -0.3 is 5.32 Å². The Hall–Kier alpha value is -1.88. The Morgan fingerprint density at radius 3 is 2.86 bits per heavy atom. The second kappa shape index (κ2) is 5.15. The Morgan fingerprint density at radius 1 is 1.38 bits per heavy atom. The summed E-state index contributed by atoms with van der Waals surface area (Å²) in [5.74, 6) is -0.208. The molecule has 1 saturated heterocycles. The fourth-order valence-electron chi connectivity index (χ4n) is 3.41. The number of hydrogen-bond acceptors (Lipinski definition) is 3. The van der Waals surface area contributed by atoms with Crippen molar-refractivity contribution >= 4 is 11.8 Å². The van der Waals surface area contributed by atoms with Crippen LogP contribution in [0, 0.1) is 5.41 Å². The lowest BCUT2D eigenvalue weighted by molar-refractivity contribution is -0.128. The van der Waals surface area contributed by atoms with Gasteiger partial charge in [-0.2, -0.15) is 0 Å². The molecule has 5 heteroatoms. The van der Waals surface area contributed by atoms with Gasteiger partial charge in [-0.1, -0.05) is 6.07 Å². The quantitative estimate of drug-likeness (QED) is 0.640. The summed E-state index contributed by atoms with van der Waals surface area (Å²) >= 11 is 0. The van der Waals surface area contributed by atoms with E-state index in [1.165, 1.54) is 0 Å². The fraction of sp³-hybridized carbons (Fsp3) is 0.500. The molecular weight excluding hydrogens is 268 g/mol. The van der Waals surface area contributed by atoms with E-state index in [9.17, 15) is 14.8 Å². The van der Waals surface area contributed by atoms with E-state index in [0.29, 0.717) is 5.56 Å². The maximum atomic E-state index is 12.1. The molecule has 5 nitrogen and oxygen atoms in total. The monoisotopic (exact) mass is 288 g/mol. The molecule has 1 heterocycles. The van der Waals surface area contributed by atoms with Gasteiger partial charge in [-0.3, -0.25) is 14.8 Å². The van der Waals surface area contributed by atoms with E-state index in [4.69, 9.17) is 0 Å². The van der Waals surface area contributed by atoms with Gasteiger partial charge in [0.1, 0.15) is 0 Å². The number of hydroxylamine groups is 2. The van der Waals surface area contributed by atoms with Crippen molar-refractivity contribution in [1.82, 2.24) is 10.4 Å². The van der Waals surface area contributed by atoms with Crippen LogP contribution in [0.5, 0.6) is 0 Å². The molecule has 1 atom stereocenters. The normalized spacial score (nSPS) is 23.8. The molecule has 2 amide bonds. The first-order valence-corrected chi connectivity index (χ1v) is 7.46. The molecule has 1 spiro atoms. The fourth-order valence-corrected chi connectivity index (χ4v) is 3.41. The summed E-state index contributed by atoms with van der Waals surface area (Å²) in [6.07, 6.45) is 3.28. The van der Waals surface area contributed by atoms with Gasteiger partial charge in [-0.15, -0.1) is 0 Å². The molecule has 1 aromatic carbocycles. The number of amides is 2. The van der Waals surface area contributed by atoms with Crippen LogP contribution in [-0.2, 0) is 17.6 Å². The summed E-state index contributed by atoms with van der Waals surface area (Å²) < 4.78 is 0. The summed E-state index contributed by atoms with van der Waals surface area (Å²) in [5.41, 5.74) is 2.53. The van der Waals surface area contributed by atoms with Crippen molar-refractivity contribution in [1.29, 1.82) is 0 Å². The van der Waals surface area contributed by atoms with Crippen LogP contribution in [0.4, 0.5) is 0 Å². The van der Waals surface area contributed by atoms with Crippen molar-refractivity contribution in [3.8, 4) is 0 Å². The summed E-state index contributed by atoms with van der Waals surface area (Å²) in [5, 5.41) is 13.2. The molecule has 0 saturated carbocycles. The highest BCUT2D eigenvalue weighted by Gasteiger charge is 2.44. The lowest BCUT2D eigenvalue weighted by Crippen LogP contribution is -2.36. The molecule has 3 rings (SSSR count). The Morgan fingerprint density at radius 2 is 2.19 bits per heavy atom. The van der Waals surface area contributed by atoms with Crippen LogP contribution in [0.3, 0.4) is 0 Å². The summed E-state index contributed by atoms with van der Waals surface area (Å²) in [4.78, 5) is 24.0. The summed E-state index contributed by atoms with van der Waals surface area (Å²) in [7, 11) is 0. The Bertz CT molecular complexity index is 599. The van der Waals surface area contributed by atoms with Crippen molar-refractivity contribution in [3.63, 3.8) is 0 Å². The summed E-state index contributed by atoms with van der Waals surface area (Å²) in [6.45, 7) is 2.75. The van der Waals surface area contributed by atoms with E-state index in [0.717, 1.165) is 48.4 Å². The van der Waals surface area contributed by atoms with Crippen molar-refractivity contribution in [2.75, 3.05) is 13.1 Å². The molecule has 1 fully saturated rings. The van der Waals surface area contributed by atoms with E-state index in [1.54, 1.807) is 13.0 Å². The van der Waals surface area contributed by atoms with Gasteiger partial charge >= 0.3 is 0 Å².